The monoisotopic (exact) mass is 261 g/mol. The molecule has 0 aliphatic heterocycles. The van der Waals surface area contributed by atoms with E-state index < -0.39 is 12.5 Å². The van der Waals surface area contributed by atoms with Crippen molar-refractivity contribution in [1.82, 2.24) is 5.32 Å². The van der Waals surface area contributed by atoms with Gasteiger partial charge in [0.1, 0.15) is 24.8 Å². The molecule has 94 valence electrons. The maximum absolute atomic E-state index is 14.0. The number of benzene rings is 1. The van der Waals surface area contributed by atoms with Crippen LogP contribution in [0.15, 0.2) is 12.1 Å². The van der Waals surface area contributed by atoms with Crippen LogP contribution in [-0.4, -0.2) is 26.4 Å². The maximum Gasteiger partial charge on any atom is 0.149 e. The van der Waals surface area contributed by atoms with Crippen LogP contribution in [0.4, 0.5) is 8.78 Å². The molecule has 0 aromatic heterocycles. The summed E-state index contributed by atoms with van der Waals surface area (Å²) in [6.45, 7) is -0.658. The Balaban J connectivity index is 2.29. The van der Waals surface area contributed by atoms with Crippen molar-refractivity contribution in [3.63, 3.8) is 0 Å². The first-order valence-electron chi connectivity index (χ1n) is 5.53. The molecule has 1 aromatic rings. The number of nitrogens with one attached hydrogen (secondary N) is 1. The average Bonchev–Trinajstić information content (AvgIpc) is 3.09. The summed E-state index contributed by atoms with van der Waals surface area (Å²) in [5.74, 6) is 0.00591. The van der Waals surface area contributed by atoms with Crippen LogP contribution < -0.4 is 10.1 Å². The van der Waals surface area contributed by atoms with E-state index >= 15 is 0 Å². The first kappa shape index (κ1) is 12.6. The van der Waals surface area contributed by atoms with Crippen molar-refractivity contribution in [1.29, 1.82) is 0 Å². The minimum Gasteiger partial charge on any atom is -0.490 e. The lowest BCUT2D eigenvalue weighted by molar-refractivity contribution is 0.269. The van der Waals surface area contributed by atoms with Crippen molar-refractivity contribution in [3.8, 4) is 5.75 Å². The summed E-state index contributed by atoms with van der Waals surface area (Å²) in [7, 11) is 1.83. The zero-order valence-electron chi connectivity index (χ0n) is 9.47. The number of alkyl halides is 1. The lowest BCUT2D eigenvalue weighted by Crippen LogP contribution is -2.12. The molecule has 2 atom stereocenters. The minimum absolute atomic E-state index is 0.0633. The van der Waals surface area contributed by atoms with E-state index in [0.29, 0.717) is 11.3 Å². The Morgan fingerprint density at radius 2 is 2.29 bits per heavy atom. The average molecular weight is 262 g/mol. The first-order valence-corrected chi connectivity index (χ1v) is 5.90. The number of halogens is 3. The van der Waals surface area contributed by atoms with Gasteiger partial charge < -0.3 is 10.1 Å². The van der Waals surface area contributed by atoms with Crippen LogP contribution in [0.25, 0.3) is 0 Å². The highest BCUT2D eigenvalue weighted by Crippen LogP contribution is 2.47. The second kappa shape index (κ2) is 5.19. The molecule has 0 saturated heterocycles. The first-order chi connectivity index (χ1) is 8.19. The van der Waals surface area contributed by atoms with E-state index in [4.69, 9.17) is 16.3 Å². The van der Waals surface area contributed by atoms with Gasteiger partial charge in [-0.15, -0.1) is 0 Å². The summed E-state index contributed by atoms with van der Waals surface area (Å²) in [6, 6.07) is 3.28. The fraction of sp³-hybridized carbons (Fsp3) is 0.500. The van der Waals surface area contributed by atoms with Gasteiger partial charge in [0, 0.05) is 17.5 Å². The molecule has 2 rings (SSSR count). The molecule has 2 unspecified atom stereocenters. The summed E-state index contributed by atoms with van der Waals surface area (Å²) < 4.78 is 31.3. The number of likely N-dealkylation sites (N-methyl/N-ethyl adjacent to an activating group) is 1. The molecule has 0 heterocycles. The SMILES string of the molecule is CNC1CC1c1c(OCCF)ccc(Cl)c1F. The van der Waals surface area contributed by atoms with Crippen LogP contribution in [0, 0.1) is 5.82 Å². The lowest BCUT2D eigenvalue weighted by atomic mass is 10.1. The van der Waals surface area contributed by atoms with Gasteiger partial charge in [0.25, 0.3) is 0 Å². The van der Waals surface area contributed by atoms with E-state index in [0.717, 1.165) is 6.42 Å². The second-order valence-corrected chi connectivity index (χ2v) is 4.46. The van der Waals surface area contributed by atoms with Gasteiger partial charge in [-0.3, -0.25) is 0 Å². The molecule has 5 heteroatoms. The summed E-state index contributed by atoms with van der Waals surface area (Å²) in [5.41, 5.74) is 0.463. The molecule has 1 saturated carbocycles. The molecule has 1 aliphatic rings. The Kier molecular flexibility index (Phi) is 3.84. The third kappa shape index (κ3) is 2.53. The van der Waals surface area contributed by atoms with Crippen molar-refractivity contribution in [3.05, 3.63) is 28.5 Å². The molecule has 0 amide bonds. The third-order valence-electron chi connectivity index (χ3n) is 2.96. The van der Waals surface area contributed by atoms with Gasteiger partial charge in [0.2, 0.25) is 0 Å². The van der Waals surface area contributed by atoms with Crippen molar-refractivity contribution in [2.24, 2.45) is 0 Å². The Morgan fingerprint density at radius 3 is 2.88 bits per heavy atom. The number of rotatable bonds is 5. The second-order valence-electron chi connectivity index (χ2n) is 4.05. The molecule has 17 heavy (non-hydrogen) atoms. The topological polar surface area (TPSA) is 21.3 Å². The van der Waals surface area contributed by atoms with Gasteiger partial charge in [-0.05, 0) is 25.6 Å². The quantitative estimate of drug-likeness (QED) is 0.880. The van der Waals surface area contributed by atoms with Gasteiger partial charge in [-0.1, -0.05) is 11.6 Å². The normalized spacial score (nSPS) is 22.6. The van der Waals surface area contributed by atoms with Crippen molar-refractivity contribution >= 4 is 11.6 Å². The summed E-state index contributed by atoms with van der Waals surface area (Å²) in [4.78, 5) is 0. The highest BCUT2D eigenvalue weighted by atomic mass is 35.5. The smallest absolute Gasteiger partial charge is 0.149 e. The Morgan fingerprint density at radius 1 is 1.53 bits per heavy atom. The van der Waals surface area contributed by atoms with Crippen molar-refractivity contribution in [2.45, 2.75) is 18.4 Å². The number of ether oxygens (including phenoxy) is 1. The Labute approximate surface area is 104 Å². The molecule has 0 radical (unpaired) electrons. The molecule has 0 spiro atoms. The predicted octanol–water partition coefficient (Wildman–Crippen LogP) is 2.90. The standard InChI is InChI=1S/C12H14ClF2NO/c1-16-9-6-7(9)11-10(17-5-4-14)3-2-8(13)12(11)15/h2-3,7,9,16H,4-6H2,1H3. The number of hydrogen-bond donors (Lipinski definition) is 1. The van der Waals surface area contributed by atoms with E-state index in [2.05, 4.69) is 5.32 Å². The highest BCUT2D eigenvalue weighted by Gasteiger charge is 2.41. The van der Waals surface area contributed by atoms with Crippen molar-refractivity contribution < 1.29 is 13.5 Å². The maximum atomic E-state index is 14.0. The third-order valence-corrected chi connectivity index (χ3v) is 3.25. The zero-order chi connectivity index (χ0) is 12.4. The van der Waals surface area contributed by atoms with Gasteiger partial charge in [0.15, 0.2) is 0 Å². The van der Waals surface area contributed by atoms with Crippen LogP contribution in [-0.2, 0) is 0 Å². The zero-order valence-corrected chi connectivity index (χ0v) is 10.2. The number of hydrogen-bond acceptors (Lipinski definition) is 2. The summed E-state index contributed by atoms with van der Waals surface area (Å²) >= 11 is 5.76. The fourth-order valence-corrected chi connectivity index (χ4v) is 2.17. The van der Waals surface area contributed by atoms with Gasteiger partial charge >= 0.3 is 0 Å². The predicted molar refractivity (Wildman–Crippen MR) is 63.1 cm³/mol. The van der Waals surface area contributed by atoms with E-state index in [-0.39, 0.29) is 23.6 Å². The summed E-state index contributed by atoms with van der Waals surface area (Å²) in [6.07, 6.45) is 0.847. The summed E-state index contributed by atoms with van der Waals surface area (Å²) in [5, 5.41) is 3.16. The molecule has 2 nitrogen and oxygen atoms in total. The molecule has 1 fully saturated rings. The van der Waals surface area contributed by atoms with Gasteiger partial charge in [0.05, 0.1) is 5.02 Å². The van der Waals surface area contributed by atoms with E-state index in [1.54, 1.807) is 6.07 Å². The Hall–Kier alpha value is -0.870. The van der Waals surface area contributed by atoms with Gasteiger partial charge in [-0.25, -0.2) is 8.78 Å². The van der Waals surface area contributed by atoms with E-state index in [1.165, 1.54) is 6.07 Å². The van der Waals surface area contributed by atoms with Crippen molar-refractivity contribution in [2.75, 3.05) is 20.3 Å². The highest BCUT2D eigenvalue weighted by molar-refractivity contribution is 6.30. The minimum atomic E-state index is -0.593. The van der Waals surface area contributed by atoms with Crippen LogP contribution in [0.5, 0.6) is 5.75 Å². The lowest BCUT2D eigenvalue weighted by Gasteiger charge is -2.12. The van der Waals surface area contributed by atoms with Crippen LogP contribution in [0.3, 0.4) is 0 Å². The van der Waals surface area contributed by atoms with Crippen LogP contribution in [0.2, 0.25) is 5.02 Å². The molecular weight excluding hydrogens is 248 g/mol. The molecule has 1 aliphatic carbocycles. The van der Waals surface area contributed by atoms with Gasteiger partial charge in [-0.2, -0.15) is 0 Å². The molecule has 0 bridgehead atoms. The Bertz CT molecular complexity index is 414. The molecule has 1 aromatic carbocycles. The van der Waals surface area contributed by atoms with E-state index in [1.807, 2.05) is 7.05 Å². The van der Waals surface area contributed by atoms with E-state index in [9.17, 15) is 8.78 Å². The molecular formula is C12H14ClF2NO. The van der Waals surface area contributed by atoms with Crippen LogP contribution >= 0.6 is 11.6 Å². The van der Waals surface area contributed by atoms with Crippen LogP contribution in [0.1, 0.15) is 17.9 Å². The largest absolute Gasteiger partial charge is 0.490 e. The fourth-order valence-electron chi connectivity index (χ4n) is 2.00. The molecule has 1 N–H and O–H groups in total.